The van der Waals surface area contributed by atoms with Gasteiger partial charge in [0.05, 0.1) is 5.69 Å². The minimum Gasteiger partial charge on any atom is -0.359 e. The standard InChI is InChI=1S/C9H17N3S/c1-8-7-12(5-4-6-13-3)9(10-2)11-8/h7H,4-6H2,1-3H3,(H,10,11). The maximum Gasteiger partial charge on any atom is 0.202 e. The van der Waals surface area contributed by atoms with E-state index in [0.29, 0.717) is 0 Å². The highest BCUT2D eigenvalue weighted by Gasteiger charge is 2.01. The lowest BCUT2D eigenvalue weighted by molar-refractivity contribution is 0.690. The topological polar surface area (TPSA) is 29.9 Å². The molecule has 0 radical (unpaired) electrons. The quantitative estimate of drug-likeness (QED) is 0.735. The molecule has 0 bridgehead atoms. The molecule has 0 aliphatic carbocycles. The van der Waals surface area contributed by atoms with Gasteiger partial charge in [0.1, 0.15) is 0 Å². The molecular formula is C9H17N3S. The first-order chi connectivity index (χ1) is 6.27. The number of nitrogens with zero attached hydrogens (tertiary/aromatic N) is 2. The molecule has 0 fully saturated rings. The third kappa shape index (κ3) is 2.95. The van der Waals surface area contributed by atoms with E-state index in [4.69, 9.17) is 0 Å². The second-order valence-electron chi connectivity index (χ2n) is 3.00. The van der Waals surface area contributed by atoms with Gasteiger partial charge in [-0.15, -0.1) is 0 Å². The number of aryl methyl sites for hydroxylation is 2. The molecule has 1 N–H and O–H groups in total. The fraction of sp³-hybridized carbons (Fsp3) is 0.667. The van der Waals surface area contributed by atoms with E-state index < -0.39 is 0 Å². The third-order valence-corrected chi connectivity index (χ3v) is 2.56. The van der Waals surface area contributed by atoms with Crippen LogP contribution in [0.5, 0.6) is 0 Å². The fourth-order valence-corrected chi connectivity index (χ4v) is 1.71. The van der Waals surface area contributed by atoms with E-state index in [0.717, 1.165) is 18.2 Å². The maximum absolute atomic E-state index is 4.35. The van der Waals surface area contributed by atoms with Crippen molar-refractivity contribution >= 4 is 17.7 Å². The van der Waals surface area contributed by atoms with Gasteiger partial charge < -0.3 is 9.88 Å². The van der Waals surface area contributed by atoms with Gasteiger partial charge >= 0.3 is 0 Å². The first-order valence-electron chi connectivity index (χ1n) is 4.48. The van der Waals surface area contributed by atoms with Gasteiger partial charge in [-0.2, -0.15) is 11.8 Å². The molecule has 0 spiro atoms. The summed E-state index contributed by atoms with van der Waals surface area (Å²) >= 11 is 1.89. The number of rotatable bonds is 5. The van der Waals surface area contributed by atoms with Gasteiger partial charge in [0.2, 0.25) is 5.95 Å². The SMILES string of the molecule is CNc1nc(C)cn1CCCSC. The second kappa shape index (κ2) is 5.17. The second-order valence-corrected chi connectivity index (χ2v) is 3.98. The number of hydrogen-bond acceptors (Lipinski definition) is 3. The Morgan fingerprint density at radius 3 is 3.00 bits per heavy atom. The smallest absolute Gasteiger partial charge is 0.202 e. The molecule has 0 aliphatic heterocycles. The van der Waals surface area contributed by atoms with Gasteiger partial charge in [0.15, 0.2) is 0 Å². The number of aromatic nitrogens is 2. The van der Waals surface area contributed by atoms with Crippen LogP contribution in [0.15, 0.2) is 6.20 Å². The summed E-state index contributed by atoms with van der Waals surface area (Å²) in [5, 5.41) is 3.09. The summed E-state index contributed by atoms with van der Waals surface area (Å²) in [5.41, 5.74) is 1.08. The summed E-state index contributed by atoms with van der Waals surface area (Å²) < 4.78 is 2.17. The van der Waals surface area contributed by atoms with Crippen LogP contribution in [0.25, 0.3) is 0 Å². The maximum atomic E-state index is 4.35. The van der Waals surface area contributed by atoms with E-state index >= 15 is 0 Å². The number of hydrogen-bond donors (Lipinski definition) is 1. The van der Waals surface area contributed by atoms with Crippen LogP contribution in [-0.4, -0.2) is 28.6 Å². The van der Waals surface area contributed by atoms with Crippen LogP contribution >= 0.6 is 11.8 Å². The van der Waals surface area contributed by atoms with Crippen molar-refractivity contribution in [1.82, 2.24) is 9.55 Å². The Bertz CT molecular complexity index is 257. The van der Waals surface area contributed by atoms with Crippen LogP contribution in [-0.2, 0) is 6.54 Å². The van der Waals surface area contributed by atoms with Crippen LogP contribution in [0.3, 0.4) is 0 Å². The highest BCUT2D eigenvalue weighted by molar-refractivity contribution is 7.98. The van der Waals surface area contributed by atoms with Gasteiger partial charge in [0.25, 0.3) is 0 Å². The van der Waals surface area contributed by atoms with Gasteiger partial charge in [0, 0.05) is 19.8 Å². The molecule has 0 amide bonds. The number of thioether (sulfide) groups is 1. The highest BCUT2D eigenvalue weighted by atomic mass is 32.2. The predicted octanol–water partition coefficient (Wildman–Crippen LogP) is 1.99. The number of anilines is 1. The average molecular weight is 199 g/mol. The monoisotopic (exact) mass is 199 g/mol. The molecule has 4 heteroatoms. The lowest BCUT2D eigenvalue weighted by Crippen LogP contribution is -2.03. The fourth-order valence-electron chi connectivity index (χ4n) is 1.30. The highest BCUT2D eigenvalue weighted by Crippen LogP contribution is 2.09. The van der Waals surface area contributed by atoms with Crippen molar-refractivity contribution in [3.8, 4) is 0 Å². The lowest BCUT2D eigenvalue weighted by Gasteiger charge is -2.05. The molecule has 13 heavy (non-hydrogen) atoms. The van der Waals surface area contributed by atoms with E-state index in [9.17, 15) is 0 Å². The van der Waals surface area contributed by atoms with Crippen molar-refractivity contribution in [2.45, 2.75) is 19.9 Å². The summed E-state index contributed by atoms with van der Waals surface area (Å²) in [6.45, 7) is 3.07. The summed E-state index contributed by atoms with van der Waals surface area (Å²) in [7, 11) is 1.91. The first kappa shape index (κ1) is 10.4. The molecule has 1 aromatic heterocycles. The zero-order chi connectivity index (χ0) is 9.68. The molecule has 74 valence electrons. The van der Waals surface area contributed by atoms with Crippen LogP contribution < -0.4 is 5.32 Å². The minimum atomic E-state index is 0.971. The van der Waals surface area contributed by atoms with E-state index in [1.165, 1.54) is 12.2 Å². The molecule has 1 rings (SSSR count). The van der Waals surface area contributed by atoms with E-state index in [-0.39, 0.29) is 0 Å². The average Bonchev–Trinajstić information content (AvgIpc) is 2.47. The van der Waals surface area contributed by atoms with Crippen molar-refractivity contribution in [3.05, 3.63) is 11.9 Å². The van der Waals surface area contributed by atoms with Crippen molar-refractivity contribution < 1.29 is 0 Å². The normalized spacial score (nSPS) is 10.4. The molecule has 0 aromatic carbocycles. The Kier molecular flexibility index (Phi) is 4.15. The Labute approximate surface area is 83.9 Å². The van der Waals surface area contributed by atoms with E-state index in [1.54, 1.807) is 0 Å². The van der Waals surface area contributed by atoms with E-state index in [2.05, 4.69) is 27.3 Å². The largest absolute Gasteiger partial charge is 0.359 e. The van der Waals surface area contributed by atoms with Gasteiger partial charge in [-0.25, -0.2) is 4.98 Å². The Morgan fingerprint density at radius 1 is 1.62 bits per heavy atom. The minimum absolute atomic E-state index is 0.971. The molecule has 1 heterocycles. The Hall–Kier alpha value is -0.640. The van der Waals surface area contributed by atoms with Crippen LogP contribution in [0, 0.1) is 6.92 Å². The van der Waals surface area contributed by atoms with Gasteiger partial charge in [-0.05, 0) is 25.4 Å². The molecule has 0 saturated heterocycles. The first-order valence-corrected chi connectivity index (χ1v) is 5.87. The molecule has 0 atom stereocenters. The van der Waals surface area contributed by atoms with Crippen LogP contribution in [0.1, 0.15) is 12.1 Å². The van der Waals surface area contributed by atoms with Crippen molar-refractivity contribution in [2.24, 2.45) is 0 Å². The van der Waals surface area contributed by atoms with Crippen LogP contribution in [0.4, 0.5) is 5.95 Å². The lowest BCUT2D eigenvalue weighted by atomic mass is 10.4. The molecule has 0 saturated carbocycles. The van der Waals surface area contributed by atoms with Gasteiger partial charge in [-0.1, -0.05) is 0 Å². The van der Waals surface area contributed by atoms with E-state index in [1.807, 2.05) is 25.7 Å². The van der Waals surface area contributed by atoms with Crippen molar-refractivity contribution in [3.63, 3.8) is 0 Å². The predicted molar refractivity (Wildman–Crippen MR) is 59.5 cm³/mol. The summed E-state index contributed by atoms with van der Waals surface area (Å²) in [6, 6.07) is 0. The van der Waals surface area contributed by atoms with Crippen molar-refractivity contribution in [2.75, 3.05) is 24.4 Å². The van der Waals surface area contributed by atoms with Gasteiger partial charge in [-0.3, -0.25) is 0 Å². The molecule has 3 nitrogen and oxygen atoms in total. The summed E-state index contributed by atoms with van der Waals surface area (Å²) in [4.78, 5) is 4.35. The number of imidazole rings is 1. The zero-order valence-electron chi connectivity index (χ0n) is 8.50. The molecule has 1 aromatic rings. The number of nitrogens with one attached hydrogen (secondary N) is 1. The Balaban J connectivity index is 2.53. The molecule has 0 unspecified atom stereocenters. The van der Waals surface area contributed by atoms with Crippen LogP contribution in [0.2, 0.25) is 0 Å². The van der Waals surface area contributed by atoms with Crippen molar-refractivity contribution in [1.29, 1.82) is 0 Å². The third-order valence-electron chi connectivity index (χ3n) is 1.87. The molecule has 0 aliphatic rings. The zero-order valence-corrected chi connectivity index (χ0v) is 9.32. The summed E-state index contributed by atoms with van der Waals surface area (Å²) in [6.07, 6.45) is 5.43. The Morgan fingerprint density at radius 2 is 2.38 bits per heavy atom. The molecular weight excluding hydrogens is 182 g/mol. The summed E-state index contributed by atoms with van der Waals surface area (Å²) in [5.74, 6) is 2.18.